The van der Waals surface area contributed by atoms with Gasteiger partial charge in [-0.05, 0) is 19.1 Å². The maximum absolute atomic E-state index is 12.0. The molecule has 1 aromatic heterocycles. The number of nitro benzene ring substituents is 1. The van der Waals surface area contributed by atoms with E-state index in [9.17, 15) is 23.6 Å². The second kappa shape index (κ2) is 4.81. The molecule has 0 unspecified atom stereocenters. The van der Waals surface area contributed by atoms with Gasteiger partial charge in [-0.3, -0.25) is 10.1 Å². The third-order valence-electron chi connectivity index (χ3n) is 2.32. The highest BCUT2D eigenvalue weighted by molar-refractivity contribution is 7.92. The fourth-order valence-corrected chi connectivity index (χ4v) is 2.41. The van der Waals surface area contributed by atoms with E-state index in [1.165, 1.54) is 6.07 Å². The molecule has 0 atom stereocenters. The number of anilines is 1. The number of hydrogen-bond acceptors (Lipinski definition) is 7. The van der Waals surface area contributed by atoms with Crippen LogP contribution in [-0.4, -0.2) is 23.6 Å². The van der Waals surface area contributed by atoms with Crippen LogP contribution < -0.4 is 4.72 Å². The Kier molecular flexibility index (Phi) is 3.32. The number of rotatable bonds is 4. The molecule has 10 heteroatoms. The number of aromatic hydroxyl groups is 1. The largest absolute Gasteiger partial charge is 0.502 e. The van der Waals surface area contributed by atoms with Crippen LogP contribution in [0, 0.1) is 17.0 Å². The van der Waals surface area contributed by atoms with Gasteiger partial charge in [0.15, 0.2) is 5.75 Å². The number of phenols is 1. The molecule has 20 heavy (non-hydrogen) atoms. The number of benzene rings is 1. The summed E-state index contributed by atoms with van der Waals surface area (Å²) in [6.45, 7) is 1.60. The van der Waals surface area contributed by atoms with Gasteiger partial charge in [-0.2, -0.15) is 0 Å². The highest BCUT2D eigenvalue weighted by atomic mass is 32.2. The Hall–Kier alpha value is -2.62. The topological polar surface area (TPSA) is 136 Å². The van der Waals surface area contributed by atoms with Crippen LogP contribution in [0.5, 0.6) is 5.75 Å². The molecule has 0 aliphatic rings. The van der Waals surface area contributed by atoms with Gasteiger partial charge in [0.25, 0.3) is 10.0 Å². The number of aromatic nitrogens is 1. The molecule has 0 aliphatic heterocycles. The Balaban J connectivity index is 2.39. The van der Waals surface area contributed by atoms with Gasteiger partial charge in [0.05, 0.1) is 15.5 Å². The van der Waals surface area contributed by atoms with Crippen LogP contribution in [-0.2, 0) is 10.0 Å². The van der Waals surface area contributed by atoms with E-state index in [-0.39, 0.29) is 10.8 Å². The summed E-state index contributed by atoms with van der Waals surface area (Å²) < 4.78 is 30.8. The maximum Gasteiger partial charge on any atom is 0.312 e. The summed E-state index contributed by atoms with van der Waals surface area (Å²) >= 11 is 0. The SMILES string of the molecule is Cc1cc(NS(=O)(=O)c2ccc(O)c([N+](=O)[O-])c2)on1. The summed E-state index contributed by atoms with van der Waals surface area (Å²) in [7, 11) is -4.07. The fraction of sp³-hybridized carbons (Fsp3) is 0.100. The van der Waals surface area contributed by atoms with Gasteiger partial charge in [0, 0.05) is 12.1 Å². The lowest BCUT2D eigenvalue weighted by Gasteiger charge is -2.05. The minimum atomic E-state index is -4.07. The van der Waals surface area contributed by atoms with Crippen molar-refractivity contribution in [1.29, 1.82) is 0 Å². The van der Waals surface area contributed by atoms with Gasteiger partial charge in [-0.1, -0.05) is 5.16 Å². The van der Waals surface area contributed by atoms with Crippen LogP contribution in [0.4, 0.5) is 11.6 Å². The van der Waals surface area contributed by atoms with E-state index in [2.05, 4.69) is 9.88 Å². The van der Waals surface area contributed by atoms with Crippen LogP contribution in [0.25, 0.3) is 0 Å². The molecule has 9 nitrogen and oxygen atoms in total. The first-order chi connectivity index (χ1) is 9.29. The number of nitrogens with one attached hydrogen (secondary N) is 1. The van der Waals surface area contributed by atoms with Gasteiger partial charge in [0.1, 0.15) is 0 Å². The molecule has 1 aromatic carbocycles. The van der Waals surface area contributed by atoms with E-state index in [4.69, 9.17) is 4.52 Å². The molecule has 0 saturated heterocycles. The van der Waals surface area contributed by atoms with Crippen molar-refractivity contribution in [3.63, 3.8) is 0 Å². The molecule has 2 rings (SSSR count). The maximum atomic E-state index is 12.0. The third kappa shape index (κ3) is 2.69. The number of nitro groups is 1. The lowest BCUT2D eigenvalue weighted by atomic mass is 10.3. The molecule has 0 spiro atoms. The average Bonchev–Trinajstić information content (AvgIpc) is 2.73. The number of nitrogens with zero attached hydrogens (tertiary/aromatic N) is 2. The summed E-state index contributed by atoms with van der Waals surface area (Å²) in [6.07, 6.45) is 0. The van der Waals surface area contributed by atoms with Gasteiger partial charge in [0.2, 0.25) is 5.88 Å². The molecule has 2 aromatic rings. The number of aryl methyl sites for hydroxylation is 1. The Morgan fingerprint density at radius 1 is 1.40 bits per heavy atom. The van der Waals surface area contributed by atoms with Gasteiger partial charge in [-0.25, -0.2) is 13.1 Å². The molecule has 0 bridgehead atoms. The van der Waals surface area contributed by atoms with E-state index >= 15 is 0 Å². The van der Waals surface area contributed by atoms with Crippen molar-refractivity contribution in [2.24, 2.45) is 0 Å². The normalized spacial score (nSPS) is 11.2. The lowest BCUT2D eigenvalue weighted by Crippen LogP contribution is -2.12. The molecule has 0 radical (unpaired) electrons. The number of hydrogen-bond donors (Lipinski definition) is 2. The molecule has 106 valence electrons. The second-order valence-corrected chi connectivity index (χ2v) is 5.53. The van der Waals surface area contributed by atoms with Gasteiger partial charge >= 0.3 is 5.69 Å². The number of phenolic OH excluding ortho intramolecular Hbond substituents is 1. The highest BCUT2D eigenvalue weighted by Gasteiger charge is 2.22. The quantitative estimate of drug-likeness (QED) is 0.643. The second-order valence-electron chi connectivity index (χ2n) is 3.85. The Bertz CT molecular complexity index is 767. The standard InChI is InChI=1S/C10H9N3O6S/c1-6-4-10(19-11-6)12-20(17,18)7-2-3-9(14)8(5-7)13(15)16/h2-5,12,14H,1H3. The van der Waals surface area contributed by atoms with Gasteiger partial charge < -0.3 is 9.63 Å². The minimum absolute atomic E-state index is 0.113. The Morgan fingerprint density at radius 2 is 2.10 bits per heavy atom. The first-order valence-corrected chi connectivity index (χ1v) is 6.71. The predicted molar refractivity (Wildman–Crippen MR) is 66.8 cm³/mol. The molecular weight excluding hydrogens is 290 g/mol. The molecule has 0 saturated carbocycles. The van der Waals surface area contributed by atoms with Crippen molar-refractivity contribution >= 4 is 21.6 Å². The average molecular weight is 299 g/mol. The van der Waals surface area contributed by atoms with Crippen LogP contribution in [0.15, 0.2) is 33.7 Å². The predicted octanol–water partition coefficient (Wildman–Crippen LogP) is 1.40. The van der Waals surface area contributed by atoms with Crippen LogP contribution in [0.1, 0.15) is 5.69 Å². The lowest BCUT2D eigenvalue weighted by molar-refractivity contribution is -0.386. The van der Waals surface area contributed by atoms with E-state index in [1.807, 2.05) is 0 Å². The van der Waals surface area contributed by atoms with Crippen molar-refractivity contribution in [3.8, 4) is 5.75 Å². The molecular formula is C10H9N3O6S. The van der Waals surface area contributed by atoms with Crippen LogP contribution >= 0.6 is 0 Å². The van der Waals surface area contributed by atoms with Crippen molar-refractivity contribution in [1.82, 2.24) is 5.16 Å². The summed E-state index contributed by atoms with van der Waals surface area (Å²) in [6, 6.07) is 4.07. The summed E-state index contributed by atoms with van der Waals surface area (Å²) in [4.78, 5) is 9.40. The van der Waals surface area contributed by atoms with Crippen LogP contribution in [0.2, 0.25) is 0 Å². The smallest absolute Gasteiger partial charge is 0.312 e. The van der Waals surface area contributed by atoms with Crippen molar-refractivity contribution < 1.29 is 23.0 Å². The molecule has 0 aliphatic carbocycles. The van der Waals surface area contributed by atoms with E-state index in [0.29, 0.717) is 5.69 Å². The molecule has 0 fully saturated rings. The zero-order chi connectivity index (χ0) is 14.9. The Morgan fingerprint density at radius 3 is 2.65 bits per heavy atom. The summed E-state index contributed by atoms with van der Waals surface area (Å²) in [5.41, 5.74) is -0.235. The molecule has 2 N–H and O–H groups in total. The monoisotopic (exact) mass is 299 g/mol. The summed E-state index contributed by atoms with van der Waals surface area (Å²) in [5, 5.41) is 23.4. The minimum Gasteiger partial charge on any atom is -0.502 e. The zero-order valence-electron chi connectivity index (χ0n) is 10.1. The first kappa shape index (κ1) is 13.8. The number of sulfonamides is 1. The first-order valence-electron chi connectivity index (χ1n) is 5.23. The molecule has 1 heterocycles. The van der Waals surface area contributed by atoms with E-state index in [0.717, 1.165) is 18.2 Å². The van der Waals surface area contributed by atoms with Crippen LogP contribution in [0.3, 0.4) is 0 Å². The van der Waals surface area contributed by atoms with E-state index < -0.39 is 26.4 Å². The Labute approximate surface area is 113 Å². The molecule has 0 amide bonds. The fourth-order valence-electron chi connectivity index (χ4n) is 1.42. The van der Waals surface area contributed by atoms with Crippen molar-refractivity contribution in [2.75, 3.05) is 4.72 Å². The highest BCUT2D eigenvalue weighted by Crippen LogP contribution is 2.29. The van der Waals surface area contributed by atoms with E-state index in [1.54, 1.807) is 6.92 Å². The zero-order valence-corrected chi connectivity index (χ0v) is 10.9. The van der Waals surface area contributed by atoms with Crippen molar-refractivity contribution in [3.05, 3.63) is 40.1 Å². The van der Waals surface area contributed by atoms with Crippen molar-refractivity contribution in [2.45, 2.75) is 11.8 Å². The van der Waals surface area contributed by atoms with Gasteiger partial charge in [-0.15, -0.1) is 0 Å². The summed E-state index contributed by atoms with van der Waals surface area (Å²) in [5.74, 6) is -0.734. The third-order valence-corrected chi connectivity index (χ3v) is 3.66.